The molecule has 4 heteroatoms. The normalized spacial score (nSPS) is 30.2. The van der Waals surface area contributed by atoms with Gasteiger partial charge in [-0.05, 0) is 56.0 Å². The molecule has 3 heterocycles. The van der Waals surface area contributed by atoms with Gasteiger partial charge in [0.1, 0.15) is 0 Å². The predicted octanol–water partition coefficient (Wildman–Crippen LogP) is 3.09. The molecule has 0 N–H and O–H groups in total. The van der Waals surface area contributed by atoms with E-state index in [1.54, 1.807) is 11.3 Å². The summed E-state index contributed by atoms with van der Waals surface area (Å²) in [6.45, 7) is 5.70. The van der Waals surface area contributed by atoms with Crippen LogP contribution >= 0.6 is 11.3 Å². The molecule has 3 aliphatic rings. The van der Waals surface area contributed by atoms with Gasteiger partial charge in [0.2, 0.25) is 0 Å². The molecular weight excluding hydrogens is 280 g/mol. The fraction of sp³-hybridized carbons (Fsp3) is 0.706. The minimum Gasteiger partial charge on any atom is -0.337 e. The minimum atomic E-state index is 0.254. The predicted molar refractivity (Wildman–Crippen MR) is 85.7 cm³/mol. The van der Waals surface area contributed by atoms with Gasteiger partial charge in [-0.25, -0.2) is 0 Å². The second-order valence-electron chi connectivity index (χ2n) is 7.24. The maximum Gasteiger partial charge on any atom is 0.263 e. The molecule has 21 heavy (non-hydrogen) atoms. The SMILES string of the molecule is O=C(c1cccs1)N1CCC[C@@]2(CCN(CC3CC3)C2)C1. The van der Waals surface area contributed by atoms with Gasteiger partial charge in [-0.15, -0.1) is 11.3 Å². The monoisotopic (exact) mass is 304 g/mol. The van der Waals surface area contributed by atoms with Gasteiger partial charge in [-0.2, -0.15) is 0 Å². The molecule has 1 atom stereocenters. The van der Waals surface area contributed by atoms with Crippen molar-refractivity contribution in [1.29, 1.82) is 0 Å². The first kappa shape index (κ1) is 13.8. The zero-order valence-electron chi connectivity index (χ0n) is 12.6. The van der Waals surface area contributed by atoms with Gasteiger partial charge >= 0.3 is 0 Å². The Hall–Kier alpha value is -0.870. The Kier molecular flexibility index (Phi) is 3.54. The molecule has 0 radical (unpaired) electrons. The lowest BCUT2D eigenvalue weighted by atomic mass is 9.79. The summed E-state index contributed by atoms with van der Waals surface area (Å²) >= 11 is 1.57. The zero-order chi connectivity index (χ0) is 14.3. The molecule has 114 valence electrons. The average molecular weight is 304 g/mol. The molecule has 3 nitrogen and oxygen atoms in total. The van der Waals surface area contributed by atoms with Crippen molar-refractivity contribution in [2.45, 2.75) is 32.1 Å². The van der Waals surface area contributed by atoms with E-state index in [2.05, 4.69) is 9.80 Å². The lowest BCUT2D eigenvalue weighted by Crippen LogP contribution is -2.47. The van der Waals surface area contributed by atoms with Crippen LogP contribution in [0.5, 0.6) is 0 Å². The molecule has 1 amide bonds. The molecule has 0 bridgehead atoms. The summed E-state index contributed by atoms with van der Waals surface area (Å²) in [4.78, 5) is 18.3. The van der Waals surface area contributed by atoms with Crippen molar-refractivity contribution >= 4 is 17.2 Å². The van der Waals surface area contributed by atoms with Crippen molar-refractivity contribution in [2.75, 3.05) is 32.7 Å². The van der Waals surface area contributed by atoms with Crippen LogP contribution in [0.2, 0.25) is 0 Å². The van der Waals surface area contributed by atoms with Crippen molar-refractivity contribution in [1.82, 2.24) is 9.80 Å². The highest BCUT2D eigenvalue weighted by atomic mass is 32.1. The summed E-state index contributed by atoms with van der Waals surface area (Å²) in [6, 6.07) is 3.94. The molecule has 1 saturated carbocycles. The van der Waals surface area contributed by atoms with Crippen LogP contribution in [0.4, 0.5) is 0 Å². The number of amides is 1. The number of rotatable bonds is 3. The fourth-order valence-electron chi connectivity index (χ4n) is 4.12. The molecule has 0 aromatic carbocycles. The van der Waals surface area contributed by atoms with Gasteiger partial charge in [0.15, 0.2) is 0 Å². The van der Waals surface area contributed by atoms with Crippen molar-refractivity contribution < 1.29 is 4.79 Å². The molecular formula is C17H24N2OS. The van der Waals surface area contributed by atoms with E-state index in [4.69, 9.17) is 0 Å². The molecule has 1 aromatic rings. The van der Waals surface area contributed by atoms with Crippen LogP contribution in [0.3, 0.4) is 0 Å². The van der Waals surface area contributed by atoms with E-state index in [-0.39, 0.29) is 5.91 Å². The molecule has 1 aliphatic carbocycles. The summed E-state index contributed by atoms with van der Waals surface area (Å²) in [6.07, 6.45) is 6.64. The Bertz CT molecular complexity index is 511. The van der Waals surface area contributed by atoms with Gasteiger partial charge in [-0.3, -0.25) is 4.79 Å². The second-order valence-corrected chi connectivity index (χ2v) is 8.18. The largest absolute Gasteiger partial charge is 0.337 e. The van der Waals surface area contributed by atoms with E-state index in [1.165, 1.54) is 51.7 Å². The van der Waals surface area contributed by atoms with Gasteiger partial charge in [0.25, 0.3) is 5.91 Å². The lowest BCUT2D eigenvalue weighted by Gasteiger charge is -2.40. The Balaban J connectivity index is 1.41. The first-order chi connectivity index (χ1) is 10.2. The highest BCUT2D eigenvalue weighted by molar-refractivity contribution is 7.12. The fourth-order valence-corrected chi connectivity index (χ4v) is 4.81. The quantitative estimate of drug-likeness (QED) is 0.857. The van der Waals surface area contributed by atoms with E-state index in [1.807, 2.05) is 17.5 Å². The Morgan fingerprint density at radius 2 is 2.19 bits per heavy atom. The van der Waals surface area contributed by atoms with Gasteiger partial charge < -0.3 is 9.80 Å². The van der Waals surface area contributed by atoms with E-state index < -0.39 is 0 Å². The van der Waals surface area contributed by atoms with Crippen LogP contribution < -0.4 is 0 Å². The maximum absolute atomic E-state index is 12.6. The summed E-state index contributed by atoms with van der Waals surface area (Å²) in [5, 5.41) is 2.00. The molecule has 1 aromatic heterocycles. The first-order valence-electron chi connectivity index (χ1n) is 8.29. The standard InChI is InChI=1S/C17H24N2OS/c20-16(15-3-1-10-21-15)19-8-2-6-17(13-19)7-9-18(12-17)11-14-4-5-14/h1,3,10,14H,2,4-9,11-13H2/t17-/m0/s1. The summed E-state index contributed by atoms with van der Waals surface area (Å²) < 4.78 is 0. The number of likely N-dealkylation sites (tertiary alicyclic amines) is 2. The smallest absolute Gasteiger partial charge is 0.263 e. The summed E-state index contributed by atoms with van der Waals surface area (Å²) in [5.41, 5.74) is 0.389. The highest BCUT2D eigenvalue weighted by Crippen LogP contribution is 2.41. The third-order valence-electron chi connectivity index (χ3n) is 5.41. The number of nitrogens with zero attached hydrogens (tertiary/aromatic N) is 2. The van der Waals surface area contributed by atoms with E-state index in [0.29, 0.717) is 5.41 Å². The molecule has 0 unspecified atom stereocenters. The summed E-state index contributed by atoms with van der Waals surface area (Å²) in [7, 11) is 0. The van der Waals surface area contributed by atoms with Crippen LogP contribution in [0.1, 0.15) is 41.8 Å². The first-order valence-corrected chi connectivity index (χ1v) is 9.17. The van der Waals surface area contributed by atoms with Crippen LogP contribution in [-0.2, 0) is 0 Å². The Labute approximate surface area is 130 Å². The van der Waals surface area contributed by atoms with Crippen LogP contribution in [0, 0.1) is 11.3 Å². The van der Waals surface area contributed by atoms with Crippen molar-refractivity contribution in [2.24, 2.45) is 11.3 Å². The number of carbonyl (C=O) groups excluding carboxylic acids is 1. The molecule has 3 fully saturated rings. The van der Waals surface area contributed by atoms with Crippen molar-refractivity contribution in [3.63, 3.8) is 0 Å². The maximum atomic E-state index is 12.6. The van der Waals surface area contributed by atoms with Gasteiger partial charge in [0, 0.05) is 31.6 Å². The van der Waals surface area contributed by atoms with Gasteiger partial charge in [-0.1, -0.05) is 6.07 Å². The lowest BCUT2D eigenvalue weighted by molar-refractivity contribution is 0.0532. The van der Waals surface area contributed by atoms with Crippen LogP contribution in [0.25, 0.3) is 0 Å². The number of piperidine rings is 1. The van der Waals surface area contributed by atoms with Crippen molar-refractivity contribution in [3.05, 3.63) is 22.4 Å². The molecule has 2 aliphatic heterocycles. The Morgan fingerprint density at radius 3 is 2.95 bits per heavy atom. The molecule has 1 spiro atoms. The summed E-state index contributed by atoms with van der Waals surface area (Å²) in [5.74, 6) is 1.23. The van der Waals surface area contributed by atoms with Gasteiger partial charge in [0.05, 0.1) is 4.88 Å². The number of carbonyl (C=O) groups is 1. The van der Waals surface area contributed by atoms with Crippen LogP contribution in [-0.4, -0.2) is 48.4 Å². The van der Waals surface area contributed by atoms with Crippen molar-refractivity contribution in [3.8, 4) is 0 Å². The number of hydrogen-bond acceptors (Lipinski definition) is 3. The highest BCUT2D eigenvalue weighted by Gasteiger charge is 2.43. The van der Waals surface area contributed by atoms with E-state index in [9.17, 15) is 4.79 Å². The topological polar surface area (TPSA) is 23.6 Å². The number of hydrogen-bond donors (Lipinski definition) is 0. The van der Waals surface area contributed by atoms with Crippen LogP contribution in [0.15, 0.2) is 17.5 Å². The second kappa shape index (κ2) is 5.40. The molecule has 4 rings (SSSR count). The Morgan fingerprint density at radius 1 is 1.29 bits per heavy atom. The third-order valence-corrected chi connectivity index (χ3v) is 6.27. The number of thiophene rings is 1. The third kappa shape index (κ3) is 2.88. The minimum absolute atomic E-state index is 0.254. The van der Waals surface area contributed by atoms with E-state index >= 15 is 0 Å². The average Bonchev–Trinajstić information content (AvgIpc) is 3.00. The zero-order valence-corrected chi connectivity index (χ0v) is 13.4. The van der Waals surface area contributed by atoms with E-state index in [0.717, 1.165) is 23.9 Å². The molecule has 2 saturated heterocycles.